The molecule has 0 atom stereocenters. The molecule has 4 heterocycles. The predicted octanol–water partition coefficient (Wildman–Crippen LogP) is 1.74. The minimum atomic E-state index is 0.0354. The van der Waals surface area contributed by atoms with Crippen molar-refractivity contribution in [3.05, 3.63) is 34.8 Å². The molecule has 0 N–H and O–H groups in total. The van der Waals surface area contributed by atoms with Crippen LogP contribution in [0.5, 0.6) is 0 Å². The Hall–Kier alpha value is -1.28. The first kappa shape index (κ1) is 16.2. The van der Waals surface area contributed by atoms with E-state index in [4.69, 9.17) is 4.74 Å². The quantitative estimate of drug-likeness (QED) is 0.843. The van der Waals surface area contributed by atoms with Gasteiger partial charge in [-0.15, -0.1) is 11.3 Å². The summed E-state index contributed by atoms with van der Waals surface area (Å²) in [5.41, 5.74) is 0.0354. The van der Waals surface area contributed by atoms with Crippen molar-refractivity contribution in [2.45, 2.75) is 31.5 Å². The van der Waals surface area contributed by atoms with Gasteiger partial charge in [0.25, 0.3) is 0 Å². The highest BCUT2D eigenvalue weighted by molar-refractivity contribution is 7.09. The third kappa shape index (κ3) is 3.54. The number of thiazole rings is 1. The molecule has 0 aliphatic carbocycles. The van der Waals surface area contributed by atoms with E-state index in [-0.39, 0.29) is 5.60 Å². The van der Waals surface area contributed by atoms with Crippen molar-refractivity contribution in [3.8, 4) is 0 Å². The van der Waals surface area contributed by atoms with Gasteiger partial charge in [0.15, 0.2) is 0 Å². The largest absolute Gasteiger partial charge is 0.372 e. The smallest absolute Gasteiger partial charge is 0.122 e. The first-order valence-corrected chi connectivity index (χ1v) is 9.54. The molecule has 0 unspecified atom stereocenters. The molecule has 2 aromatic heterocycles. The second-order valence-corrected chi connectivity index (χ2v) is 7.88. The van der Waals surface area contributed by atoms with Gasteiger partial charge in [-0.05, 0) is 12.8 Å². The summed E-state index contributed by atoms with van der Waals surface area (Å²) in [6.45, 7) is 6.93. The van der Waals surface area contributed by atoms with Gasteiger partial charge in [-0.2, -0.15) is 0 Å². The number of hydrogen-bond acceptors (Lipinski definition) is 6. The van der Waals surface area contributed by atoms with E-state index in [0.29, 0.717) is 0 Å². The second kappa shape index (κ2) is 6.92. The Labute approximate surface area is 147 Å². The van der Waals surface area contributed by atoms with E-state index in [9.17, 15) is 0 Å². The van der Waals surface area contributed by atoms with Crippen molar-refractivity contribution in [2.24, 2.45) is 7.05 Å². The average Bonchev–Trinajstić information content (AvgIpc) is 3.23. The average molecular weight is 347 g/mol. The van der Waals surface area contributed by atoms with Gasteiger partial charge in [0.1, 0.15) is 10.8 Å². The number of aromatic nitrogens is 3. The lowest BCUT2D eigenvalue weighted by atomic mass is 9.89. The van der Waals surface area contributed by atoms with E-state index in [2.05, 4.69) is 36.8 Å². The molecule has 2 aromatic rings. The molecule has 2 aliphatic heterocycles. The van der Waals surface area contributed by atoms with E-state index in [0.717, 1.165) is 64.5 Å². The van der Waals surface area contributed by atoms with Crippen LogP contribution in [0.1, 0.15) is 23.7 Å². The normalized spacial score (nSPS) is 22.2. The van der Waals surface area contributed by atoms with Crippen molar-refractivity contribution < 1.29 is 4.74 Å². The number of likely N-dealkylation sites (tertiary alicyclic amines) is 1. The Bertz CT molecular complexity index is 648. The Morgan fingerprint density at radius 2 is 2.00 bits per heavy atom. The van der Waals surface area contributed by atoms with Crippen LogP contribution in [0.4, 0.5) is 0 Å². The Morgan fingerprint density at radius 3 is 2.71 bits per heavy atom. The van der Waals surface area contributed by atoms with Crippen LogP contribution in [0.2, 0.25) is 0 Å². The molecule has 0 aromatic carbocycles. The molecule has 0 saturated carbocycles. The fraction of sp³-hybridized carbons (Fsp3) is 0.647. The maximum Gasteiger partial charge on any atom is 0.122 e. The van der Waals surface area contributed by atoms with Gasteiger partial charge in [-0.3, -0.25) is 9.80 Å². The molecular weight excluding hydrogens is 322 g/mol. The van der Waals surface area contributed by atoms with Crippen LogP contribution in [0, 0.1) is 0 Å². The fourth-order valence-corrected chi connectivity index (χ4v) is 4.41. The van der Waals surface area contributed by atoms with Crippen LogP contribution in [0.15, 0.2) is 24.0 Å². The lowest BCUT2D eigenvalue weighted by Gasteiger charge is -2.47. The molecule has 2 fully saturated rings. The van der Waals surface area contributed by atoms with Crippen molar-refractivity contribution >= 4 is 11.3 Å². The zero-order chi connectivity index (χ0) is 16.4. The van der Waals surface area contributed by atoms with Crippen molar-refractivity contribution in [1.82, 2.24) is 24.3 Å². The van der Waals surface area contributed by atoms with Crippen LogP contribution in [-0.2, 0) is 24.9 Å². The summed E-state index contributed by atoms with van der Waals surface area (Å²) in [4.78, 5) is 13.9. The molecule has 0 bridgehead atoms. The molecule has 6 nitrogen and oxygen atoms in total. The molecule has 130 valence electrons. The third-order valence-corrected chi connectivity index (χ3v) is 5.99. The lowest BCUT2D eigenvalue weighted by molar-refractivity contribution is -0.138. The highest BCUT2D eigenvalue weighted by atomic mass is 32.1. The van der Waals surface area contributed by atoms with Gasteiger partial charge in [-0.25, -0.2) is 9.97 Å². The van der Waals surface area contributed by atoms with Gasteiger partial charge >= 0.3 is 0 Å². The first-order valence-electron chi connectivity index (χ1n) is 8.66. The topological polar surface area (TPSA) is 46.4 Å². The van der Waals surface area contributed by atoms with Crippen molar-refractivity contribution in [1.29, 1.82) is 0 Å². The lowest BCUT2D eigenvalue weighted by Crippen LogP contribution is -2.56. The van der Waals surface area contributed by atoms with Crippen LogP contribution >= 0.6 is 11.3 Å². The molecule has 4 rings (SSSR count). The van der Waals surface area contributed by atoms with Gasteiger partial charge in [0, 0.05) is 57.2 Å². The summed E-state index contributed by atoms with van der Waals surface area (Å²) < 4.78 is 8.37. The molecule has 7 heteroatoms. The van der Waals surface area contributed by atoms with Crippen molar-refractivity contribution in [3.63, 3.8) is 0 Å². The summed E-state index contributed by atoms with van der Waals surface area (Å²) in [6, 6.07) is 0. The molecule has 0 radical (unpaired) electrons. The molecule has 2 saturated heterocycles. The first-order chi connectivity index (χ1) is 11.7. The predicted molar refractivity (Wildman–Crippen MR) is 93.8 cm³/mol. The molecule has 0 amide bonds. The number of ether oxygens (including phenoxy) is 1. The summed E-state index contributed by atoms with van der Waals surface area (Å²) in [5.74, 6) is 1.14. The van der Waals surface area contributed by atoms with E-state index in [1.807, 2.05) is 18.6 Å². The van der Waals surface area contributed by atoms with Crippen LogP contribution in [0.3, 0.4) is 0 Å². The van der Waals surface area contributed by atoms with E-state index in [1.54, 1.807) is 11.3 Å². The molecule has 24 heavy (non-hydrogen) atoms. The maximum atomic E-state index is 6.26. The summed E-state index contributed by atoms with van der Waals surface area (Å²) in [7, 11) is 2.06. The summed E-state index contributed by atoms with van der Waals surface area (Å²) in [5, 5.41) is 3.26. The molecular formula is C17H25N5OS. The number of imidazole rings is 1. The zero-order valence-corrected chi connectivity index (χ0v) is 15.0. The minimum absolute atomic E-state index is 0.0354. The standard InChI is InChI=1S/C17H25N5OS/c1-20-8-4-18-15(20)12-21-6-2-17(3-7-21)14-22(9-10-23-17)13-16-19-5-11-24-16/h4-5,8,11H,2-3,6-7,9-10,12-14H2,1H3. The van der Waals surface area contributed by atoms with Gasteiger partial charge < -0.3 is 9.30 Å². The third-order valence-electron chi connectivity index (χ3n) is 5.22. The van der Waals surface area contributed by atoms with Gasteiger partial charge in [-0.1, -0.05) is 0 Å². The maximum absolute atomic E-state index is 6.26. The Morgan fingerprint density at radius 1 is 1.12 bits per heavy atom. The Balaban J connectivity index is 1.33. The van der Waals surface area contributed by atoms with Crippen LogP contribution in [-0.4, -0.2) is 62.7 Å². The van der Waals surface area contributed by atoms with E-state index < -0.39 is 0 Å². The fourth-order valence-electron chi connectivity index (χ4n) is 3.75. The highest BCUT2D eigenvalue weighted by Gasteiger charge is 2.39. The summed E-state index contributed by atoms with van der Waals surface area (Å²) >= 11 is 1.74. The van der Waals surface area contributed by atoms with Crippen LogP contribution in [0.25, 0.3) is 0 Å². The van der Waals surface area contributed by atoms with Gasteiger partial charge in [0.05, 0.1) is 25.3 Å². The second-order valence-electron chi connectivity index (χ2n) is 6.90. The molecule has 1 spiro atoms. The number of nitrogens with zero attached hydrogens (tertiary/aromatic N) is 5. The van der Waals surface area contributed by atoms with Crippen molar-refractivity contribution in [2.75, 3.05) is 32.8 Å². The SMILES string of the molecule is Cn1ccnc1CN1CCC2(CC1)CN(Cc1nccs1)CCO2. The van der Waals surface area contributed by atoms with Crippen LogP contribution < -0.4 is 0 Å². The molecule has 2 aliphatic rings. The number of morpholine rings is 1. The van der Waals surface area contributed by atoms with E-state index in [1.165, 1.54) is 5.01 Å². The number of rotatable bonds is 4. The highest BCUT2D eigenvalue weighted by Crippen LogP contribution is 2.31. The number of hydrogen-bond donors (Lipinski definition) is 0. The Kier molecular flexibility index (Phi) is 4.67. The monoisotopic (exact) mass is 347 g/mol. The van der Waals surface area contributed by atoms with E-state index >= 15 is 0 Å². The number of piperidine rings is 1. The number of aryl methyl sites for hydroxylation is 1. The summed E-state index contributed by atoms with van der Waals surface area (Å²) in [6.07, 6.45) is 7.99. The van der Waals surface area contributed by atoms with Gasteiger partial charge in [0.2, 0.25) is 0 Å². The zero-order valence-electron chi connectivity index (χ0n) is 14.2. The minimum Gasteiger partial charge on any atom is -0.372 e.